The monoisotopic (exact) mass is 347 g/mol. The Hall–Kier alpha value is -1.91. The third-order valence-electron chi connectivity index (χ3n) is 3.67. The number of rotatable bonds is 4. The third kappa shape index (κ3) is 3.23. The molecule has 1 heterocycles. The van der Waals surface area contributed by atoms with Gasteiger partial charge in [0.05, 0.1) is 5.02 Å². The van der Waals surface area contributed by atoms with Crippen LogP contribution in [-0.2, 0) is 6.54 Å². The second kappa shape index (κ2) is 6.69. The summed E-state index contributed by atoms with van der Waals surface area (Å²) in [5.74, 6) is -0.450. The number of hydrogen-bond acceptors (Lipinski definition) is 2. The molecule has 5 heteroatoms. The van der Waals surface area contributed by atoms with Crippen LogP contribution in [0.2, 0.25) is 5.02 Å². The first-order valence-electron chi connectivity index (χ1n) is 7.31. The Morgan fingerprint density at radius 1 is 1.22 bits per heavy atom. The number of halogens is 2. The van der Waals surface area contributed by atoms with E-state index in [1.807, 2.05) is 37.3 Å². The van der Waals surface area contributed by atoms with E-state index in [0.717, 1.165) is 10.9 Å². The maximum absolute atomic E-state index is 13.4. The minimum Gasteiger partial charge on any atom is -0.334 e. The van der Waals surface area contributed by atoms with E-state index in [0.29, 0.717) is 27.7 Å². The van der Waals surface area contributed by atoms with Gasteiger partial charge in [-0.15, -0.1) is 11.3 Å². The van der Waals surface area contributed by atoms with E-state index in [2.05, 4.69) is 0 Å². The van der Waals surface area contributed by atoms with Crippen molar-refractivity contribution in [3.63, 3.8) is 0 Å². The zero-order valence-electron chi connectivity index (χ0n) is 12.6. The van der Waals surface area contributed by atoms with Crippen LogP contribution in [0.5, 0.6) is 0 Å². The Kier molecular flexibility index (Phi) is 4.64. The molecule has 1 amide bonds. The van der Waals surface area contributed by atoms with Gasteiger partial charge in [0.2, 0.25) is 0 Å². The van der Waals surface area contributed by atoms with Crippen molar-refractivity contribution in [3.05, 3.63) is 69.8 Å². The minimum absolute atomic E-state index is 0.122. The molecule has 3 rings (SSSR count). The lowest BCUT2D eigenvalue weighted by Crippen LogP contribution is -2.29. The van der Waals surface area contributed by atoms with Gasteiger partial charge in [-0.05, 0) is 30.7 Å². The average molecular weight is 348 g/mol. The highest BCUT2D eigenvalue weighted by atomic mass is 35.5. The van der Waals surface area contributed by atoms with Crippen molar-refractivity contribution in [3.8, 4) is 0 Å². The highest BCUT2D eigenvalue weighted by Gasteiger charge is 2.22. The van der Waals surface area contributed by atoms with Crippen molar-refractivity contribution in [2.45, 2.75) is 13.5 Å². The van der Waals surface area contributed by atoms with E-state index in [1.165, 1.54) is 23.5 Å². The first-order chi connectivity index (χ1) is 11.1. The van der Waals surface area contributed by atoms with Crippen LogP contribution in [0, 0.1) is 5.82 Å². The van der Waals surface area contributed by atoms with Crippen LogP contribution in [0.4, 0.5) is 4.39 Å². The van der Waals surface area contributed by atoms with E-state index >= 15 is 0 Å². The number of amides is 1. The predicted octanol–water partition coefficient (Wildman–Crippen LogP) is 5.36. The molecule has 1 aromatic heterocycles. The zero-order valence-corrected chi connectivity index (χ0v) is 14.1. The number of carbonyl (C=O) groups is 1. The Morgan fingerprint density at radius 3 is 2.65 bits per heavy atom. The third-order valence-corrected chi connectivity index (χ3v) is 5.32. The number of carbonyl (C=O) groups excluding carboxylic acids is 1. The summed E-state index contributed by atoms with van der Waals surface area (Å²) in [5, 5.41) is 1.12. The van der Waals surface area contributed by atoms with Crippen LogP contribution in [0.25, 0.3) is 10.1 Å². The summed E-state index contributed by atoms with van der Waals surface area (Å²) in [6.07, 6.45) is 0. The molecule has 118 valence electrons. The maximum atomic E-state index is 13.4. The zero-order chi connectivity index (χ0) is 16.4. The molecule has 0 aliphatic carbocycles. The predicted molar refractivity (Wildman–Crippen MR) is 93.6 cm³/mol. The molecule has 2 aromatic carbocycles. The summed E-state index contributed by atoms with van der Waals surface area (Å²) in [6, 6.07) is 14.2. The van der Waals surface area contributed by atoms with E-state index in [9.17, 15) is 9.18 Å². The van der Waals surface area contributed by atoms with E-state index < -0.39 is 0 Å². The van der Waals surface area contributed by atoms with E-state index in [4.69, 9.17) is 11.6 Å². The van der Waals surface area contributed by atoms with Crippen LogP contribution in [-0.4, -0.2) is 17.4 Å². The fourth-order valence-corrected chi connectivity index (χ4v) is 3.96. The summed E-state index contributed by atoms with van der Waals surface area (Å²) in [6.45, 7) is 3.03. The molecular weight excluding hydrogens is 333 g/mol. The summed E-state index contributed by atoms with van der Waals surface area (Å²) in [7, 11) is 0. The fourth-order valence-electron chi connectivity index (χ4n) is 2.45. The molecule has 2 nitrogen and oxygen atoms in total. The number of thiophene rings is 1. The van der Waals surface area contributed by atoms with Crippen molar-refractivity contribution in [2.75, 3.05) is 6.54 Å². The van der Waals surface area contributed by atoms with Gasteiger partial charge in [-0.25, -0.2) is 4.39 Å². The Labute approximate surface area is 143 Å². The molecule has 0 bridgehead atoms. The Morgan fingerprint density at radius 2 is 1.96 bits per heavy atom. The lowest BCUT2D eigenvalue weighted by atomic mass is 10.2. The van der Waals surface area contributed by atoms with Gasteiger partial charge in [-0.1, -0.05) is 41.9 Å². The molecule has 0 fully saturated rings. The molecule has 3 aromatic rings. The number of fused-ring (bicyclic) bond motifs is 1. The van der Waals surface area contributed by atoms with Gasteiger partial charge in [0.15, 0.2) is 0 Å². The second-order valence-corrected chi connectivity index (χ2v) is 6.62. The highest BCUT2D eigenvalue weighted by Crippen LogP contribution is 2.36. The Bertz CT molecular complexity index is 847. The summed E-state index contributed by atoms with van der Waals surface area (Å²) in [4.78, 5) is 15.0. The fraction of sp³-hybridized carbons (Fsp3) is 0.167. The molecule has 23 heavy (non-hydrogen) atoms. The molecule has 0 saturated carbocycles. The molecule has 0 radical (unpaired) electrons. The molecular formula is C18H15ClFNOS. The lowest BCUT2D eigenvalue weighted by molar-refractivity contribution is 0.0757. The molecule has 0 atom stereocenters. The minimum atomic E-state index is -0.328. The van der Waals surface area contributed by atoms with Crippen molar-refractivity contribution in [1.82, 2.24) is 4.90 Å². The molecule has 0 N–H and O–H groups in total. The van der Waals surface area contributed by atoms with Crippen LogP contribution in [0.15, 0.2) is 48.5 Å². The van der Waals surface area contributed by atoms with E-state index in [-0.39, 0.29) is 11.7 Å². The van der Waals surface area contributed by atoms with Gasteiger partial charge in [0, 0.05) is 23.2 Å². The standard InChI is InChI=1S/C18H15ClFNOS/c1-2-21(11-12-6-4-3-5-7-12)18(22)17-16(19)14-9-8-13(20)10-15(14)23-17/h3-10H,2,11H2,1H3. The lowest BCUT2D eigenvalue weighted by Gasteiger charge is -2.20. The first-order valence-corrected chi connectivity index (χ1v) is 8.50. The van der Waals surface area contributed by atoms with Gasteiger partial charge in [-0.2, -0.15) is 0 Å². The molecule has 0 spiro atoms. The molecule has 0 aliphatic heterocycles. The number of hydrogen-bond donors (Lipinski definition) is 0. The maximum Gasteiger partial charge on any atom is 0.265 e. The van der Waals surface area contributed by atoms with Crippen molar-refractivity contribution in [1.29, 1.82) is 0 Å². The van der Waals surface area contributed by atoms with Gasteiger partial charge in [0.25, 0.3) is 5.91 Å². The van der Waals surface area contributed by atoms with Crippen molar-refractivity contribution < 1.29 is 9.18 Å². The topological polar surface area (TPSA) is 20.3 Å². The summed E-state index contributed by atoms with van der Waals surface area (Å²) in [5.41, 5.74) is 1.06. The smallest absolute Gasteiger partial charge is 0.265 e. The normalized spacial score (nSPS) is 10.9. The van der Waals surface area contributed by atoms with Crippen molar-refractivity contribution >= 4 is 38.9 Å². The number of benzene rings is 2. The SMILES string of the molecule is CCN(Cc1ccccc1)C(=O)c1sc2cc(F)ccc2c1Cl. The van der Waals surface area contributed by atoms with Crippen LogP contribution >= 0.6 is 22.9 Å². The van der Waals surface area contributed by atoms with Crippen LogP contribution in [0.1, 0.15) is 22.2 Å². The largest absolute Gasteiger partial charge is 0.334 e. The van der Waals surface area contributed by atoms with Gasteiger partial charge in [-0.3, -0.25) is 4.79 Å². The van der Waals surface area contributed by atoms with Gasteiger partial charge in [0.1, 0.15) is 10.7 Å². The number of nitrogens with zero attached hydrogens (tertiary/aromatic N) is 1. The molecule has 0 unspecified atom stereocenters. The Balaban J connectivity index is 1.93. The average Bonchev–Trinajstić information content (AvgIpc) is 2.89. The van der Waals surface area contributed by atoms with Crippen molar-refractivity contribution in [2.24, 2.45) is 0 Å². The highest BCUT2D eigenvalue weighted by molar-refractivity contribution is 7.21. The molecule has 0 aliphatic rings. The quantitative estimate of drug-likeness (QED) is 0.622. The summed E-state index contributed by atoms with van der Waals surface area (Å²) >= 11 is 7.59. The van der Waals surface area contributed by atoms with Gasteiger partial charge < -0.3 is 4.90 Å². The van der Waals surface area contributed by atoms with Gasteiger partial charge >= 0.3 is 0 Å². The summed E-state index contributed by atoms with van der Waals surface area (Å²) < 4.78 is 14.0. The van der Waals surface area contributed by atoms with E-state index in [1.54, 1.807) is 11.0 Å². The van der Waals surface area contributed by atoms with Crippen LogP contribution in [0.3, 0.4) is 0 Å². The molecule has 0 saturated heterocycles. The first kappa shape index (κ1) is 16.0. The van der Waals surface area contributed by atoms with Crippen LogP contribution < -0.4 is 0 Å². The second-order valence-electron chi connectivity index (χ2n) is 5.19.